The first kappa shape index (κ1) is 18.9. The Bertz CT molecular complexity index is 676. The molecule has 3 nitrogen and oxygen atoms in total. The highest BCUT2D eigenvalue weighted by Crippen LogP contribution is 2.37. The lowest BCUT2D eigenvalue weighted by molar-refractivity contribution is 0.284. The van der Waals surface area contributed by atoms with Crippen LogP contribution < -0.4 is 14.8 Å². The van der Waals surface area contributed by atoms with E-state index in [2.05, 4.69) is 19.2 Å². The van der Waals surface area contributed by atoms with E-state index < -0.39 is 0 Å². The lowest BCUT2D eigenvalue weighted by atomic mass is 10.1. The van der Waals surface area contributed by atoms with Crippen molar-refractivity contribution in [2.45, 2.75) is 39.5 Å². The van der Waals surface area contributed by atoms with Crippen LogP contribution in [0, 0.1) is 0 Å². The van der Waals surface area contributed by atoms with Crippen LogP contribution in [-0.2, 0) is 13.2 Å². The van der Waals surface area contributed by atoms with Crippen molar-refractivity contribution in [3.05, 3.63) is 57.6 Å². The van der Waals surface area contributed by atoms with Crippen LogP contribution in [0.5, 0.6) is 11.5 Å². The van der Waals surface area contributed by atoms with Crippen LogP contribution in [0.25, 0.3) is 0 Å². The molecule has 2 aromatic carbocycles. The molecule has 0 spiro atoms. The summed E-state index contributed by atoms with van der Waals surface area (Å²) in [5.74, 6) is 1.18. The number of benzene rings is 2. The Morgan fingerprint density at radius 1 is 1.12 bits per heavy atom. The van der Waals surface area contributed by atoms with Gasteiger partial charge in [0.15, 0.2) is 11.5 Å². The highest BCUT2D eigenvalue weighted by atomic mass is 35.5. The van der Waals surface area contributed by atoms with Gasteiger partial charge in [0.2, 0.25) is 0 Å². The van der Waals surface area contributed by atoms with Gasteiger partial charge in [-0.05, 0) is 48.7 Å². The minimum Gasteiger partial charge on any atom is -0.493 e. The van der Waals surface area contributed by atoms with E-state index in [1.54, 1.807) is 7.11 Å². The molecule has 0 aliphatic rings. The van der Waals surface area contributed by atoms with E-state index in [4.69, 9.17) is 32.7 Å². The molecule has 0 aliphatic carbocycles. The number of halogens is 2. The van der Waals surface area contributed by atoms with Crippen molar-refractivity contribution in [2.24, 2.45) is 0 Å². The lowest BCUT2D eigenvalue weighted by Gasteiger charge is -2.16. The third kappa shape index (κ3) is 5.30. The van der Waals surface area contributed by atoms with Crippen molar-refractivity contribution >= 4 is 23.2 Å². The minimum absolute atomic E-state index is 0.376. The molecule has 2 aromatic rings. The van der Waals surface area contributed by atoms with Gasteiger partial charge in [-0.15, -0.1) is 0 Å². The number of hydrogen-bond acceptors (Lipinski definition) is 3. The molecule has 0 amide bonds. The van der Waals surface area contributed by atoms with Gasteiger partial charge in [0, 0.05) is 17.6 Å². The van der Waals surface area contributed by atoms with Crippen molar-refractivity contribution < 1.29 is 9.47 Å². The predicted molar refractivity (Wildman–Crippen MR) is 100 cm³/mol. The van der Waals surface area contributed by atoms with E-state index >= 15 is 0 Å². The molecule has 1 unspecified atom stereocenters. The van der Waals surface area contributed by atoms with Crippen molar-refractivity contribution in [2.75, 3.05) is 7.11 Å². The summed E-state index contributed by atoms with van der Waals surface area (Å²) in [6, 6.07) is 11.9. The Morgan fingerprint density at radius 3 is 2.58 bits per heavy atom. The van der Waals surface area contributed by atoms with Crippen LogP contribution in [-0.4, -0.2) is 13.2 Å². The quantitative estimate of drug-likeness (QED) is 0.670. The van der Waals surface area contributed by atoms with Gasteiger partial charge in [0.25, 0.3) is 0 Å². The molecule has 5 heteroatoms. The Hall–Kier alpha value is -1.42. The Labute approximate surface area is 153 Å². The summed E-state index contributed by atoms with van der Waals surface area (Å²) in [4.78, 5) is 0. The minimum atomic E-state index is 0.376. The highest BCUT2D eigenvalue weighted by molar-refractivity contribution is 6.32. The van der Waals surface area contributed by atoms with Crippen LogP contribution >= 0.6 is 23.2 Å². The molecule has 0 saturated heterocycles. The molecule has 0 saturated carbocycles. The van der Waals surface area contributed by atoms with Crippen molar-refractivity contribution in [3.8, 4) is 11.5 Å². The summed E-state index contributed by atoms with van der Waals surface area (Å²) in [5.41, 5.74) is 2.04. The first-order valence-electron chi connectivity index (χ1n) is 8.00. The molecular formula is C19H23Cl2NO2. The van der Waals surface area contributed by atoms with E-state index in [-0.39, 0.29) is 0 Å². The van der Waals surface area contributed by atoms with Gasteiger partial charge < -0.3 is 14.8 Å². The summed E-state index contributed by atoms with van der Waals surface area (Å²) in [5, 5.41) is 4.66. The molecule has 0 heterocycles. The van der Waals surface area contributed by atoms with E-state index in [1.807, 2.05) is 36.4 Å². The van der Waals surface area contributed by atoms with Crippen LogP contribution in [0.3, 0.4) is 0 Å². The molecule has 0 radical (unpaired) electrons. The van der Waals surface area contributed by atoms with Gasteiger partial charge in [-0.1, -0.05) is 42.3 Å². The molecule has 1 N–H and O–H groups in total. The molecule has 0 aromatic heterocycles. The number of ether oxygens (including phenoxy) is 2. The Balaban J connectivity index is 2.11. The average Bonchev–Trinajstić information content (AvgIpc) is 2.58. The summed E-state index contributed by atoms with van der Waals surface area (Å²) in [7, 11) is 1.61. The van der Waals surface area contributed by atoms with Gasteiger partial charge in [-0.25, -0.2) is 0 Å². The summed E-state index contributed by atoms with van der Waals surface area (Å²) < 4.78 is 11.3. The van der Waals surface area contributed by atoms with Crippen molar-refractivity contribution in [1.29, 1.82) is 0 Å². The van der Waals surface area contributed by atoms with Gasteiger partial charge in [-0.2, -0.15) is 0 Å². The predicted octanol–water partition coefficient (Wildman–Crippen LogP) is 5.47. The smallest absolute Gasteiger partial charge is 0.180 e. The third-order valence-electron chi connectivity index (χ3n) is 3.83. The maximum absolute atomic E-state index is 6.40. The monoisotopic (exact) mass is 367 g/mol. The molecule has 1 atom stereocenters. The summed E-state index contributed by atoms with van der Waals surface area (Å²) >= 11 is 12.4. The van der Waals surface area contributed by atoms with Crippen LogP contribution in [0.4, 0.5) is 0 Å². The second-order valence-electron chi connectivity index (χ2n) is 5.72. The maximum Gasteiger partial charge on any atom is 0.180 e. The SMILES string of the molecule is CCC(C)NCc1cc(Cl)c(OCc2cccc(Cl)c2)c(OC)c1. The van der Waals surface area contributed by atoms with E-state index in [9.17, 15) is 0 Å². The highest BCUT2D eigenvalue weighted by Gasteiger charge is 2.13. The summed E-state index contributed by atoms with van der Waals surface area (Å²) in [6.45, 7) is 5.42. The molecule has 0 bridgehead atoms. The number of nitrogens with one attached hydrogen (secondary N) is 1. The zero-order chi connectivity index (χ0) is 17.5. The lowest BCUT2D eigenvalue weighted by Crippen LogP contribution is -2.24. The van der Waals surface area contributed by atoms with Crippen LogP contribution in [0.15, 0.2) is 36.4 Å². The second-order valence-corrected chi connectivity index (χ2v) is 6.56. The van der Waals surface area contributed by atoms with E-state index in [0.29, 0.717) is 34.2 Å². The third-order valence-corrected chi connectivity index (χ3v) is 4.34. The fourth-order valence-electron chi connectivity index (χ4n) is 2.23. The zero-order valence-corrected chi connectivity index (χ0v) is 15.7. The first-order valence-corrected chi connectivity index (χ1v) is 8.76. The molecule has 130 valence electrons. The molecule has 0 aliphatic heterocycles. The molecule has 24 heavy (non-hydrogen) atoms. The van der Waals surface area contributed by atoms with E-state index in [0.717, 1.165) is 24.1 Å². The van der Waals surface area contributed by atoms with Crippen molar-refractivity contribution in [1.82, 2.24) is 5.32 Å². The molecule has 2 rings (SSSR count). The number of rotatable bonds is 8. The number of hydrogen-bond donors (Lipinski definition) is 1. The maximum atomic E-state index is 6.40. The van der Waals surface area contributed by atoms with E-state index in [1.165, 1.54) is 0 Å². The topological polar surface area (TPSA) is 30.5 Å². The van der Waals surface area contributed by atoms with Gasteiger partial charge >= 0.3 is 0 Å². The van der Waals surface area contributed by atoms with Crippen LogP contribution in [0.2, 0.25) is 10.0 Å². The van der Waals surface area contributed by atoms with Crippen LogP contribution in [0.1, 0.15) is 31.4 Å². The zero-order valence-electron chi connectivity index (χ0n) is 14.2. The first-order chi connectivity index (χ1) is 11.5. The molecular weight excluding hydrogens is 345 g/mol. The van der Waals surface area contributed by atoms with Gasteiger partial charge in [-0.3, -0.25) is 0 Å². The Kier molecular flexibility index (Phi) is 7.22. The fourth-order valence-corrected chi connectivity index (χ4v) is 2.73. The fraction of sp³-hybridized carbons (Fsp3) is 0.368. The van der Waals surface area contributed by atoms with Crippen molar-refractivity contribution in [3.63, 3.8) is 0 Å². The largest absolute Gasteiger partial charge is 0.493 e. The summed E-state index contributed by atoms with van der Waals surface area (Å²) in [6.07, 6.45) is 1.08. The molecule has 0 fully saturated rings. The average molecular weight is 368 g/mol. The standard InChI is InChI=1S/C19H23Cl2NO2/c1-4-13(2)22-11-15-9-17(21)19(18(10-15)23-3)24-12-14-6-5-7-16(20)8-14/h5-10,13,22H,4,11-12H2,1-3H3. The normalized spacial score (nSPS) is 12.0. The number of methoxy groups -OCH3 is 1. The van der Waals surface area contributed by atoms with Gasteiger partial charge in [0.1, 0.15) is 6.61 Å². The Morgan fingerprint density at radius 2 is 1.92 bits per heavy atom. The second kappa shape index (κ2) is 9.16. The van der Waals surface area contributed by atoms with Gasteiger partial charge in [0.05, 0.1) is 12.1 Å².